The second-order valence-electron chi connectivity index (χ2n) is 3.93. The Balaban J connectivity index is 1.84. The number of piperazine rings is 1. The first-order valence-electron chi connectivity index (χ1n) is 5.56. The van der Waals surface area contributed by atoms with Crippen molar-refractivity contribution in [2.24, 2.45) is 0 Å². The van der Waals surface area contributed by atoms with Crippen molar-refractivity contribution in [1.29, 1.82) is 0 Å². The molecule has 82 valence electrons. The maximum Gasteiger partial charge on any atom is 0.0628 e. The van der Waals surface area contributed by atoms with E-state index in [1.165, 1.54) is 0 Å². The summed E-state index contributed by atoms with van der Waals surface area (Å²) in [6.07, 6.45) is 4.55. The summed E-state index contributed by atoms with van der Waals surface area (Å²) in [5.41, 5.74) is 2.20. The Morgan fingerprint density at radius 2 is 2.00 bits per heavy atom. The maximum absolute atomic E-state index is 4.36. The van der Waals surface area contributed by atoms with Gasteiger partial charge in [-0.15, -0.1) is 0 Å². The highest BCUT2D eigenvalue weighted by Crippen LogP contribution is 2.02. The van der Waals surface area contributed by atoms with Crippen LogP contribution >= 0.6 is 0 Å². The molecule has 0 bridgehead atoms. The molecule has 1 aromatic rings. The smallest absolute Gasteiger partial charge is 0.0628 e. The fourth-order valence-corrected chi connectivity index (χ4v) is 1.88. The highest BCUT2D eigenvalue weighted by Gasteiger charge is 2.10. The van der Waals surface area contributed by atoms with Gasteiger partial charge in [-0.1, -0.05) is 0 Å². The highest BCUT2D eigenvalue weighted by molar-refractivity contribution is 5.08. The molecule has 4 heteroatoms. The van der Waals surface area contributed by atoms with Crippen LogP contribution in [0.4, 0.5) is 0 Å². The summed E-state index contributed by atoms with van der Waals surface area (Å²) < 4.78 is 0. The molecule has 1 aliphatic rings. The lowest BCUT2D eigenvalue weighted by Gasteiger charge is -2.26. The van der Waals surface area contributed by atoms with Crippen molar-refractivity contribution >= 4 is 0 Å². The van der Waals surface area contributed by atoms with E-state index < -0.39 is 0 Å². The van der Waals surface area contributed by atoms with Gasteiger partial charge in [-0.2, -0.15) is 0 Å². The summed E-state index contributed by atoms with van der Waals surface area (Å²) in [7, 11) is 0. The van der Waals surface area contributed by atoms with Crippen LogP contribution in [0.1, 0.15) is 11.4 Å². The predicted molar refractivity (Wildman–Crippen MR) is 59.8 cm³/mol. The van der Waals surface area contributed by atoms with E-state index in [2.05, 4.69) is 20.2 Å². The van der Waals surface area contributed by atoms with E-state index in [0.29, 0.717) is 0 Å². The lowest BCUT2D eigenvalue weighted by molar-refractivity contribution is 0.243. The molecular weight excluding hydrogens is 188 g/mol. The molecule has 15 heavy (non-hydrogen) atoms. The second kappa shape index (κ2) is 5.19. The molecular formula is C11H18N4. The second-order valence-corrected chi connectivity index (χ2v) is 3.93. The van der Waals surface area contributed by atoms with Gasteiger partial charge in [0.1, 0.15) is 0 Å². The molecule has 1 fully saturated rings. The van der Waals surface area contributed by atoms with Crippen molar-refractivity contribution in [2.75, 3.05) is 32.7 Å². The number of nitrogens with zero attached hydrogens (tertiary/aromatic N) is 3. The first-order valence-corrected chi connectivity index (χ1v) is 5.56. The Kier molecular flexibility index (Phi) is 3.64. The number of nitrogens with one attached hydrogen (secondary N) is 1. The van der Waals surface area contributed by atoms with Crippen molar-refractivity contribution in [1.82, 2.24) is 20.2 Å². The molecule has 1 aromatic heterocycles. The number of rotatable bonds is 3. The molecule has 2 heterocycles. The van der Waals surface area contributed by atoms with Gasteiger partial charge in [0.05, 0.1) is 11.4 Å². The molecule has 0 radical (unpaired) electrons. The Hall–Kier alpha value is -1.00. The van der Waals surface area contributed by atoms with Crippen LogP contribution in [0.2, 0.25) is 0 Å². The third-order valence-corrected chi connectivity index (χ3v) is 2.86. The zero-order valence-electron chi connectivity index (χ0n) is 9.24. The van der Waals surface area contributed by atoms with Gasteiger partial charge in [0.2, 0.25) is 0 Å². The molecule has 0 saturated carbocycles. The molecule has 4 nitrogen and oxygen atoms in total. The van der Waals surface area contributed by atoms with Crippen LogP contribution in [0.3, 0.4) is 0 Å². The first-order chi connectivity index (χ1) is 7.36. The van der Waals surface area contributed by atoms with Gasteiger partial charge in [-0.05, 0) is 6.92 Å². The van der Waals surface area contributed by atoms with E-state index in [1.54, 1.807) is 12.4 Å². The molecule has 2 rings (SSSR count). The summed E-state index contributed by atoms with van der Waals surface area (Å²) in [6.45, 7) is 7.65. The molecule has 1 N–H and O–H groups in total. The van der Waals surface area contributed by atoms with E-state index in [4.69, 9.17) is 0 Å². The van der Waals surface area contributed by atoms with Crippen molar-refractivity contribution in [2.45, 2.75) is 13.3 Å². The van der Waals surface area contributed by atoms with Crippen molar-refractivity contribution in [3.05, 3.63) is 23.8 Å². The van der Waals surface area contributed by atoms with Gasteiger partial charge >= 0.3 is 0 Å². The van der Waals surface area contributed by atoms with E-state index in [-0.39, 0.29) is 0 Å². The maximum atomic E-state index is 4.36. The monoisotopic (exact) mass is 206 g/mol. The standard InChI is InChI=1S/C11H18N4/c1-10-11(14-4-3-13-10)2-7-15-8-5-12-6-9-15/h3-4,12H,2,5-9H2,1H3. The van der Waals surface area contributed by atoms with Crippen LogP contribution < -0.4 is 5.32 Å². The van der Waals surface area contributed by atoms with Gasteiger partial charge in [0.15, 0.2) is 0 Å². The van der Waals surface area contributed by atoms with Crippen LogP contribution in [0, 0.1) is 6.92 Å². The number of hydrogen-bond donors (Lipinski definition) is 1. The molecule has 0 amide bonds. The van der Waals surface area contributed by atoms with Crippen LogP contribution in [-0.2, 0) is 6.42 Å². The molecule has 0 spiro atoms. The third kappa shape index (κ3) is 2.97. The largest absolute Gasteiger partial charge is 0.314 e. The summed E-state index contributed by atoms with van der Waals surface area (Å²) >= 11 is 0. The first kappa shape index (κ1) is 10.5. The van der Waals surface area contributed by atoms with Crippen molar-refractivity contribution in [3.8, 4) is 0 Å². The van der Waals surface area contributed by atoms with E-state index in [1.807, 2.05) is 6.92 Å². The average molecular weight is 206 g/mol. The predicted octanol–water partition coefficient (Wildman–Crippen LogP) is 0.233. The number of hydrogen-bond acceptors (Lipinski definition) is 4. The fraction of sp³-hybridized carbons (Fsp3) is 0.636. The molecule has 0 unspecified atom stereocenters. The van der Waals surface area contributed by atoms with Crippen LogP contribution in [0.5, 0.6) is 0 Å². The molecule has 1 aliphatic heterocycles. The summed E-state index contributed by atoms with van der Waals surface area (Å²) in [4.78, 5) is 11.1. The lowest BCUT2D eigenvalue weighted by atomic mass is 10.2. The molecule has 0 aromatic carbocycles. The Bertz CT molecular complexity index is 307. The van der Waals surface area contributed by atoms with Gasteiger partial charge < -0.3 is 10.2 Å². The Labute approximate surface area is 90.7 Å². The average Bonchev–Trinajstić information content (AvgIpc) is 2.29. The zero-order chi connectivity index (χ0) is 10.5. The minimum Gasteiger partial charge on any atom is -0.314 e. The minimum absolute atomic E-state index is 1.01. The van der Waals surface area contributed by atoms with Crippen LogP contribution in [0.15, 0.2) is 12.4 Å². The topological polar surface area (TPSA) is 41.1 Å². The van der Waals surface area contributed by atoms with E-state index in [9.17, 15) is 0 Å². The summed E-state index contributed by atoms with van der Waals surface area (Å²) in [6, 6.07) is 0. The lowest BCUT2D eigenvalue weighted by Crippen LogP contribution is -2.44. The highest BCUT2D eigenvalue weighted by atomic mass is 15.2. The van der Waals surface area contributed by atoms with Gasteiger partial charge in [-0.3, -0.25) is 9.97 Å². The normalized spacial score (nSPS) is 17.9. The van der Waals surface area contributed by atoms with E-state index in [0.717, 1.165) is 50.5 Å². The van der Waals surface area contributed by atoms with Gasteiger partial charge in [0, 0.05) is 51.5 Å². The van der Waals surface area contributed by atoms with Gasteiger partial charge in [-0.25, -0.2) is 0 Å². The van der Waals surface area contributed by atoms with Crippen molar-refractivity contribution < 1.29 is 0 Å². The Morgan fingerprint density at radius 3 is 2.73 bits per heavy atom. The molecule has 0 aliphatic carbocycles. The summed E-state index contributed by atoms with van der Waals surface area (Å²) in [5, 5.41) is 3.35. The quantitative estimate of drug-likeness (QED) is 0.769. The number of aryl methyl sites for hydroxylation is 1. The molecule has 1 saturated heterocycles. The molecule has 0 atom stereocenters. The minimum atomic E-state index is 1.01. The van der Waals surface area contributed by atoms with Crippen LogP contribution in [-0.4, -0.2) is 47.6 Å². The SMILES string of the molecule is Cc1nccnc1CCN1CCNCC1. The number of aromatic nitrogens is 2. The summed E-state index contributed by atoms with van der Waals surface area (Å²) in [5.74, 6) is 0. The van der Waals surface area contributed by atoms with Gasteiger partial charge in [0.25, 0.3) is 0 Å². The van der Waals surface area contributed by atoms with Crippen LogP contribution in [0.25, 0.3) is 0 Å². The zero-order valence-corrected chi connectivity index (χ0v) is 9.24. The Morgan fingerprint density at radius 1 is 1.27 bits per heavy atom. The third-order valence-electron chi connectivity index (χ3n) is 2.86. The van der Waals surface area contributed by atoms with E-state index >= 15 is 0 Å². The fourth-order valence-electron chi connectivity index (χ4n) is 1.88. The van der Waals surface area contributed by atoms with Crippen molar-refractivity contribution in [3.63, 3.8) is 0 Å².